The van der Waals surface area contributed by atoms with Crippen LogP contribution in [0.5, 0.6) is 5.75 Å². The first-order chi connectivity index (χ1) is 14.0. The molecule has 1 saturated heterocycles. The van der Waals surface area contributed by atoms with Gasteiger partial charge in [0.05, 0.1) is 12.7 Å². The Labute approximate surface area is 171 Å². The summed E-state index contributed by atoms with van der Waals surface area (Å²) >= 11 is 0. The van der Waals surface area contributed by atoms with Gasteiger partial charge in [-0.25, -0.2) is 14.7 Å². The van der Waals surface area contributed by atoms with Crippen LogP contribution in [0.3, 0.4) is 0 Å². The summed E-state index contributed by atoms with van der Waals surface area (Å²) in [6.07, 6.45) is -5.56. The molecule has 2 heterocycles. The highest BCUT2D eigenvalue weighted by molar-refractivity contribution is 6.05. The third-order valence-electron chi connectivity index (χ3n) is 4.78. The van der Waals surface area contributed by atoms with Crippen LogP contribution in [0.2, 0.25) is 0 Å². The fourth-order valence-corrected chi connectivity index (χ4v) is 3.16. The van der Waals surface area contributed by atoms with Crippen molar-refractivity contribution >= 4 is 23.5 Å². The molecule has 0 N–H and O–H groups in total. The Hall–Kier alpha value is -3.30. The van der Waals surface area contributed by atoms with Crippen molar-refractivity contribution in [2.24, 2.45) is 0 Å². The molecule has 0 saturated carbocycles. The molecule has 1 aliphatic heterocycles. The minimum absolute atomic E-state index is 0.0577. The maximum absolute atomic E-state index is 13.2. The number of rotatable bonds is 4. The molecule has 1 atom stereocenters. The van der Waals surface area contributed by atoms with E-state index in [1.54, 1.807) is 18.2 Å². The number of methoxy groups -OCH3 is 1. The van der Waals surface area contributed by atoms with Gasteiger partial charge in [-0.2, -0.15) is 13.2 Å². The van der Waals surface area contributed by atoms with Gasteiger partial charge in [-0.05, 0) is 37.6 Å². The Morgan fingerprint density at radius 3 is 2.60 bits per heavy atom. The standard InChI is InChI=1S/C20H20F3N3O4/c1-11-5-6-14(9-16(11)29-4)25(3)18(27)15-10-30-19(28)26(15)17-8-13(20(21,22)23)7-12(2)24-17/h5-9,15H,10H2,1-4H3. The van der Waals surface area contributed by atoms with Gasteiger partial charge in [-0.1, -0.05) is 6.07 Å². The van der Waals surface area contributed by atoms with Gasteiger partial charge in [0.25, 0.3) is 5.91 Å². The molecule has 1 aromatic heterocycles. The molecule has 30 heavy (non-hydrogen) atoms. The number of anilines is 2. The first kappa shape index (κ1) is 21.4. The number of alkyl halides is 3. The number of likely N-dealkylation sites (N-methyl/N-ethyl adjacent to an activating group) is 1. The summed E-state index contributed by atoms with van der Waals surface area (Å²) in [5.41, 5.74) is 0.455. The van der Waals surface area contributed by atoms with Crippen molar-refractivity contribution < 1.29 is 32.2 Å². The van der Waals surface area contributed by atoms with Crippen LogP contribution in [0.15, 0.2) is 30.3 Å². The van der Waals surface area contributed by atoms with Crippen molar-refractivity contribution in [1.82, 2.24) is 4.98 Å². The Bertz CT molecular complexity index is 994. The molecule has 0 bridgehead atoms. The molecule has 1 aromatic carbocycles. The minimum atomic E-state index is -4.62. The second kappa shape index (κ2) is 7.85. The molecule has 3 rings (SSSR count). The number of cyclic esters (lactones) is 1. The van der Waals surface area contributed by atoms with Gasteiger partial charge in [0.2, 0.25) is 0 Å². The van der Waals surface area contributed by atoms with Crippen LogP contribution in [0.4, 0.5) is 29.5 Å². The molecule has 0 radical (unpaired) electrons. The van der Waals surface area contributed by atoms with E-state index in [4.69, 9.17) is 9.47 Å². The monoisotopic (exact) mass is 423 g/mol. The van der Waals surface area contributed by atoms with Crippen LogP contribution in [0.1, 0.15) is 16.8 Å². The van der Waals surface area contributed by atoms with Crippen molar-refractivity contribution in [3.63, 3.8) is 0 Å². The third-order valence-corrected chi connectivity index (χ3v) is 4.78. The number of nitrogens with zero attached hydrogens (tertiary/aromatic N) is 3. The van der Waals surface area contributed by atoms with E-state index in [-0.39, 0.29) is 18.1 Å². The van der Waals surface area contributed by atoms with E-state index < -0.39 is 29.8 Å². The molecule has 1 aliphatic rings. The number of benzene rings is 1. The number of amides is 2. The number of hydrogen-bond acceptors (Lipinski definition) is 5. The summed E-state index contributed by atoms with van der Waals surface area (Å²) in [7, 11) is 3.00. The molecule has 160 valence electrons. The van der Waals surface area contributed by atoms with Crippen molar-refractivity contribution in [3.05, 3.63) is 47.2 Å². The van der Waals surface area contributed by atoms with Gasteiger partial charge in [-0.15, -0.1) is 0 Å². The minimum Gasteiger partial charge on any atom is -0.496 e. The van der Waals surface area contributed by atoms with Crippen LogP contribution in [0.25, 0.3) is 0 Å². The number of aromatic nitrogens is 1. The Kier molecular flexibility index (Phi) is 5.60. The number of halogens is 3. The Morgan fingerprint density at radius 2 is 1.97 bits per heavy atom. The Morgan fingerprint density at radius 1 is 1.27 bits per heavy atom. The predicted octanol–water partition coefficient (Wildman–Crippen LogP) is 3.71. The second-order valence-corrected chi connectivity index (χ2v) is 6.87. The van der Waals surface area contributed by atoms with Gasteiger partial charge < -0.3 is 14.4 Å². The highest BCUT2D eigenvalue weighted by Gasteiger charge is 2.43. The fourth-order valence-electron chi connectivity index (χ4n) is 3.16. The Balaban J connectivity index is 1.95. The number of hydrogen-bond donors (Lipinski definition) is 0. The van der Waals surface area contributed by atoms with E-state index in [2.05, 4.69) is 4.98 Å². The number of pyridine rings is 1. The lowest BCUT2D eigenvalue weighted by Crippen LogP contribution is -2.47. The molecular weight excluding hydrogens is 403 g/mol. The molecule has 2 aromatic rings. The number of aryl methyl sites for hydroxylation is 2. The highest BCUT2D eigenvalue weighted by atomic mass is 19.4. The molecule has 0 aliphatic carbocycles. The fraction of sp³-hybridized carbons (Fsp3) is 0.350. The van der Waals surface area contributed by atoms with E-state index in [9.17, 15) is 22.8 Å². The van der Waals surface area contributed by atoms with Crippen LogP contribution in [0, 0.1) is 13.8 Å². The molecule has 7 nitrogen and oxygen atoms in total. The summed E-state index contributed by atoms with van der Waals surface area (Å²) in [4.78, 5) is 31.5. The first-order valence-electron chi connectivity index (χ1n) is 8.97. The second-order valence-electron chi connectivity index (χ2n) is 6.87. The average Bonchev–Trinajstić information content (AvgIpc) is 3.07. The zero-order valence-electron chi connectivity index (χ0n) is 16.8. The van der Waals surface area contributed by atoms with Gasteiger partial charge in [0.15, 0.2) is 6.04 Å². The van der Waals surface area contributed by atoms with Crippen LogP contribution in [-0.4, -0.2) is 43.8 Å². The summed E-state index contributed by atoms with van der Waals surface area (Å²) in [6.45, 7) is 2.92. The smallest absolute Gasteiger partial charge is 0.416 e. The van der Waals surface area contributed by atoms with Crippen molar-refractivity contribution in [2.75, 3.05) is 30.6 Å². The van der Waals surface area contributed by atoms with Crippen LogP contribution >= 0.6 is 0 Å². The lowest BCUT2D eigenvalue weighted by Gasteiger charge is -2.26. The lowest BCUT2D eigenvalue weighted by atomic mass is 10.1. The van der Waals surface area contributed by atoms with Gasteiger partial charge in [-0.3, -0.25) is 4.79 Å². The highest BCUT2D eigenvalue weighted by Crippen LogP contribution is 2.33. The van der Waals surface area contributed by atoms with Crippen molar-refractivity contribution in [2.45, 2.75) is 26.1 Å². The normalized spacial score (nSPS) is 16.4. The SMILES string of the molecule is COc1cc(N(C)C(=O)C2COC(=O)N2c2cc(C(F)(F)F)cc(C)n2)ccc1C. The average molecular weight is 423 g/mol. The predicted molar refractivity (Wildman–Crippen MR) is 103 cm³/mol. The van der Waals surface area contributed by atoms with E-state index in [1.807, 2.05) is 6.92 Å². The van der Waals surface area contributed by atoms with E-state index in [1.165, 1.54) is 26.0 Å². The number of carbonyl (C=O) groups excluding carboxylic acids is 2. The topological polar surface area (TPSA) is 72.0 Å². The van der Waals surface area contributed by atoms with Crippen molar-refractivity contribution in [3.8, 4) is 5.75 Å². The van der Waals surface area contributed by atoms with Crippen molar-refractivity contribution in [1.29, 1.82) is 0 Å². The number of ether oxygens (including phenoxy) is 2. The van der Waals surface area contributed by atoms with Gasteiger partial charge in [0.1, 0.15) is 18.2 Å². The third kappa shape index (κ3) is 4.03. The summed E-state index contributed by atoms with van der Waals surface area (Å²) in [6, 6.07) is 5.56. The first-order valence-corrected chi connectivity index (χ1v) is 8.97. The molecule has 1 fully saturated rings. The van der Waals surface area contributed by atoms with Crippen LogP contribution in [-0.2, 0) is 15.7 Å². The molecular formula is C20H20F3N3O4. The maximum atomic E-state index is 13.2. The number of carbonyl (C=O) groups is 2. The zero-order valence-corrected chi connectivity index (χ0v) is 16.8. The summed E-state index contributed by atoms with van der Waals surface area (Å²) < 4.78 is 49.8. The summed E-state index contributed by atoms with van der Waals surface area (Å²) in [5, 5.41) is 0. The van der Waals surface area contributed by atoms with E-state index in [0.717, 1.165) is 22.6 Å². The molecule has 0 spiro atoms. The van der Waals surface area contributed by atoms with Gasteiger partial charge >= 0.3 is 12.3 Å². The van der Waals surface area contributed by atoms with Gasteiger partial charge in [0, 0.05) is 24.5 Å². The molecule has 10 heteroatoms. The maximum Gasteiger partial charge on any atom is 0.416 e. The van der Waals surface area contributed by atoms with E-state index in [0.29, 0.717) is 11.4 Å². The quantitative estimate of drug-likeness (QED) is 0.750. The summed E-state index contributed by atoms with van der Waals surface area (Å²) in [5.74, 6) is -0.264. The molecule has 2 amide bonds. The zero-order chi connectivity index (χ0) is 22.2. The lowest BCUT2D eigenvalue weighted by molar-refractivity contribution is -0.137. The van der Waals surface area contributed by atoms with Crippen LogP contribution < -0.4 is 14.5 Å². The van der Waals surface area contributed by atoms with E-state index >= 15 is 0 Å². The molecule has 1 unspecified atom stereocenters. The largest absolute Gasteiger partial charge is 0.496 e.